The second-order valence-corrected chi connectivity index (χ2v) is 3.81. The maximum Gasteiger partial charge on any atom is 0.256 e. The fraction of sp³-hybridized carbons (Fsp3) is 0.333. The van der Waals surface area contributed by atoms with Crippen molar-refractivity contribution in [3.05, 3.63) is 29.6 Å². The number of aromatic hydroxyl groups is 1. The number of nitrogens with zero attached hydrogens (tertiary/aromatic N) is 1. The maximum absolute atomic E-state index is 13.4. The number of hydrogen-bond donors (Lipinski definition) is 2. The van der Waals surface area contributed by atoms with E-state index in [1.54, 1.807) is 0 Å². The predicted octanol–water partition coefficient (Wildman–Crippen LogP) is 0.739. The molecule has 0 fully saturated rings. The third kappa shape index (κ3) is 3.44. The van der Waals surface area contributed by atoms with Crippen molar-refractivity contribution in [2.24, 2.45) is 0 Å². The van der Waals surface area contributed by atoms with Gasteiger partial charge in [-0.15, -0.1) is 0 Å². The Morgan fingerprint density at radius 1 is 1.44 bits per heavy atom. The first kappa shape index (κ1) is 14.0. The molecule has 1 aromatic rings. The quantitative estimate of drug-likeness (QED) is 0.832. The van der Waals surface area contributed by atoms with Crippen LogP contribution in [0.1, 0.15) is 16.8 Å². The van der Waals surface area contributed by atoms with Crippen LogP contribution in [-0.4, -0.2) is 42.5 Å². The topological polar surface area (TPSA) is 69.6 Å². The Morgan fingerprint density at radius 2 is 2.11 bits per heavy atom. The van der Waals surface area contributed by atoms with Crippen LogP contribution < -0.4 is 5.32 Å². The number of carbonyl (C=O) groups excluding carboxylic acids is 2. The molecule has 6 heteroatoms. The molecule has 2 amide bonds. The van der Waals surface area contributed by atoms with Gasteiger partial charge in [-0.2, -0.15) is 0 Å². The van der Waals surface area contributed by atoms with Crippen LogP contribution in [0.5, 0.6) is 5.75 Å². The van der Waals surface area contributed by atoms with E-state index in [2.05, 4.69) is 5.32 Å². The van der Waals surface area contributed by atoms with Gasteiger partial charge in [0.2, 0.25) is 5.91 Å². The van der Waals surface area contributed by atoms with Crippen molar-refractivity contribution in [3.8, 4) is 5.75 Å². The summed E-state index contributed by atoms with van der Waals surface area (Å²) in [6.07, 6.45) is 0.151. The standard InChI is InChI=1S/C12H15FN2O3/c1-14-11(17)5-6-15(2)12(18)9-4-3-8(16)7-10(9)13/h3-4,7,16H,5-6H2,1-2H3,(H,14,17). The molecule has 1 rings (SSSR count). The van der Waals surface area contributed by atoms with Gasteiger partial charge in [0.15, 0.2) is 0 Å². The number of benzene rings is 1. The second-order valence-electron chi connectivity index (χ2n) is 3.81. The lowest BCUT2D eigenvalue weighted by Gasteiger charge is -2.17. The Labute approximate surface area is 104 Å². The summed E-state index contributed by atoms with van der Waals surface area (Å²) in [5, 5.41) is 11.5. The molecule has 0 unspecified atom stereocenters. The predicted molar refractivity (Wildman–Crippen MR) is 63.7 cm³/mol. The zero-order valence-electron chi connectivity index (χ0n) is 10.2. The molecule has 0 saturated heterocycles. The van der Waals surface area contributed by atoms with Crippen LogP contribution in [0.25, 0.3) is 0 Å². The van der Waals surface area contributed by atoms with Crippen molar-refractivity contribution in [1.29, 1.82) is 0 Å². The van der Waals surface area contributed by atoms with Crippen LogP contribution in [0.4, 0.5) is 4.39 Å². The molecule has 1 aromatic carbocycles. The van der Waals surface area contributed by atoms with Gasteiger partial charge in [0.25, 0.3) is 5.91 Å². The van der Waals surface area contributed by atoms with Crippen LogP contribution in [0, 0.1) is 5.82 Å². The van der Waals surface area contributed by atoms with Crippen LogP contribution >= 0.6 is 0 Å². The molecular weight excluding hydrogens is 239 g/mol. The van der Waals surface area contributed by atoms with Crippen molar-refractivity contribution in [2.45, 2.75) is 6.42 Å². The fourth-order valence-corrected chi connectivity index (χ4v) is 1.38. The number of rotatable bonds is 4. The minimum atomic E-state index is -0.785. The van der Waals surface area contributed by atoms with E-state index in [1.165, 1.54) is 31.1 Å². The van der Waals surface area contributed by atoms with Gasteiger partial charge in [-0.1, -0.05) is 0 Å². The molecule has 2 N–H and O–H groups in total. The Bertz CT molecular complexity index is 463. The van der Waals surface area contributed by atoms with Crippen LogP contribution in [0.2, 0.25) is 0 Å². The molecule has 0 heterocycles. The first-order chi connectivity index (χ1) is 8.45. The van der Waals surface area contributed by atoms with Gasteiger partial charge in [-0.05, 0) is 12.1 Å². The lowest BCUT2D eigenvalue weighted by Crippen LogP contribution is -2.31. The Hall–Kier alpha value is -2.11. The van der Waals surface area contributed by atoms with Crippen LogP contribution in [0.3, 0.4) is 0 Å². The normalized spacial score (nSPS) is 9.94. The van der Waals surface area contributed by atoms with Crippen molar-refractivity contribution in [2.75, 3.05) is 20.6 Å². The molecule has 0 saturated carbocycles. The Kier molecular flexibility index (Phi) is 4.65. The van der Waals surface area contributed by atoms with E-state index in [0.29, 0.717) is 0 Å². The van der Waals surface area contributed by atoms with Crippen LogP contribution in [0.15, 0.2) is 18.2 Å². The second kappa shape index (κ2) is 6.00. The Balaban J connectivity index is 2.71. The highest BCUT2D eigenvalue weighted by Crippen LogP contribution is 2.16. The fourth-order valence-electron chi connectivity index (χ4n) is 1.38. The SMILES string of the molecule is CNC(=O)CCN(C)C(=O)c1ccc(O)cc1F. The van der Waals surface area contributed by atoms with E-state index < -0.39 is 11.7 Å². The summed E-state index contributed by atoms with van der Waals surface area (Å²) in [4.78, 5) is 24.1. The summed E-state index contributed by atoms with van der Waals surface area (Å²) >= 11 is 0. The molecule has 18 heavy (non-hydrogen) atoms. The molecule has 0 aliphatic carbocycles. The number of hydrogen-bond acceptors (Lipinski definition) is 3. The first-order valence-electron chi connectivity index (χ1n) is 5.40. The molecule has 0 aliphatic heterocycles. The molecule has 0 bridgehead atoms. The van der Waals surface area contributed by atoms with E-state index in [0.717, 1.165) is 6.07 Å². The lowest BCUT2D eigenvalue weighted by atomic mass is 10.1. The number of carbonyl (C=O) groups is 2. The van der Waals surface area contributed by atoms with E-state index in [4.69, 9.17) is 5.11 Å². The zero-order chi connectivity index (χ0) is 13.7. The van der Waals surface area contributed by atoms with Gasteiger partial charge < -0.3 is 15.3 Å². The molecule has 0 aromatic heterocycles. The third-order valence-electron chi connectivity index (χ3n) is 2.48. The molecule has 5 nitrogen and oxygen atoms in total. The Morgan fingerprint density at radius 3 is 2.67 bits per heavy atom. The number of phenols is 1. The van der Waals surface area contributed by atoms with Crippen molar-refractivity contribution in [1.82, 2.24) is 10.2 Å². The zero-order valence-corrected chi connectivity index (χ0v) is 10.2. The third-order valence-corrected chi connectivity index (χ3v) is 2.48. The van der Waals surface area contributed by atoms with Crippen molar-refractivity contribution in [3.63, 3.8) is 0 Å². The van der Waals surface area contributed by atoms with E-state index in [-0.39, 0.29) is 30.2 Å². The average Bonchev–Trinajstić information content (AvgIpc) is 2.34. The molecular formula is C12H15FN2O3. The van der Waals surface area contributed by atoms with E-state index in [9.17, 15) is 14.0 Å². The molecule has 0 atom stereocenters. The summed E-state index contributed by atoms with van der Waals surface area (Å²) < 4.78 is 13.4. The van der Waals surface area contributed by atoms with E-state index >= 15 is 0 Å². The van der Waals surface area contributed by atoms with Crippen molar-refractivity contribution >= 4 is 11.8 Å². The highest BCUT2D eigenvalue weighted by molar-refractivity contribution is 5.94. The minimum Gasteiger partial charge on any atom is -0.508 e. The van der Waals surface area contributed by atoms with Gasteiger partial charge in [0.1, 0.15) is 11.6 Å². The number of nitrogens with one attached hydrogen (secondary N) is 1. The van der Waals surface area contributed by atoms with Gasteiger partial charge in [0, 0.05) is 33.1 Å². The van der Waals surface area contributed by atoms with Gasteiger partial charge >= 0.3 is 0 Å². The first-order valence-corrected chi connectivity index (χ1v) is 5.40. The largest absolute Gasteiger partial charge is 0.508 e. The lowest BCUT2D eigenvalue weighted by molar-refractivity contribution is -0.120. The minimum absolute atomic E-state index is 0.132. The smallest absolute Gasteiger partial charge is 0.256 e. The summed E-state index contributed by atoms with van der Waals surface area (Å²) in [6, 6.07) is 3.33. The summed E-state index contributed by atoms with van der Waals surface area (Å²) in [5.74, 6) is -1.75. The maximum atomic E-state index is 13.4. The number of amides is 2. The molecule has 0 spiro atoms. The number of phenolic OH excluding ortho intramolecular Hbond substituents is 1. The van der Waals surface area contributed by atoms with Gasteiger partial charge in [-0.25, -0.2) is 4.39 Å². The summed E-state index contributed by atoms with van der Waals surface area (Å²) in [5.41, 5.74) is -0.132. The molecule has 98 valence electrons. The summed E-state index contributed by atoms with van der Waals surface area (Å²) in [7, 11) is 2.99. The highest BCUT2D eigenvalue weighted by Gasteiger charge is 2.16. The van der Waals surface area contributed by atoms with E-state index in [1.807, 2.05) is 0 Å². The van der Waals surface area contributed by atoms with Crippen molar-refractivity contribution < 1.29 is 19.1 Å². The molecule has 0 aliphatic rings. The molecule has 0 radical (unpaired) electrons. The van der Waals surface area contributed by atoms with Gasteiger partial charge in [-0.3, -0.25) is 9.59 Å². The highest BCUT2D eigenvalue weighted by atomic mass is 19.1. The van der Waals surface area contributed by atoms with Crippen LogP contribution in [-0.2, 0) is 4.79 Å². The monoisotopic (exact) mass is 254 g/mol. The van der Waals surface area contributed by atoms with Gasteiger partial charge in [0.05, 0.1) is 5.56 Å². The summed E-state index contributed by atoms with van der Waals surface area (Å²) in [6.45, 7) is 0.193. The number of halogens is 1. The average molecular weight is 254 g/mol.